The highest BCUT2D eigenvalue weighted by Crippen LogP contribution is 2.04. The van der Waals surface area contributed by atoms with Crippen LogP contribution in [0.15, 0.2) is 23.8 Å². The third-order valence-corrected chi connectivity index (χ3v) is 1.61. The third-order valence-electron chi connectivity index (χ3n) is 1.61. The molecule has 0 bridgehead atoms. The summed E-state index contributed by atoms with van der Waals surface area (Å²) in [5.41, 5.74) is 1.53. The molecule has 0 aliphatic carbocycles. The molecule has 72 valence electrons. The van der Waals surface area contributed by atoms with Gasteiger partial charge in [-0.1, -0.05) is 58.4 Å². The lowest BCUT2D eigenvalue weighted by Crippen LogP contribution is -1.74. The zero-order valence-corrected chi connectivity index (χ0v) is 9.35. The molecule has 0 radical (unpaired) electrons. The van der Waals surface area contributed by atoms with E-state index in [1.54, 1.807) is 0 Å². The van der Waals surface area contributed by atoms with E-state index in [-0.39, 0.29) is 0 Å². The minimum atomic E-state index is 1.14. The minimum absolute atomic E-state index is 1.14. The van der Waals surface area contributed by atoms with Crippen molar-refractivity contribution < 1.29 is 0 Å². The van der Waals surface area contributed by atoms with E-state index >= 15 is 0 Å². The lowest BCUT2D eigenvalue weighted by molar-refractivity contribution is 0.977. The summed E-state index contributed by atoms with van der Waals surface area (Å²) in [7, 11) is 0. The topological polar surface area (TPSA) is 0 Å². The summed E-state index contributed by atoms with van der Waals surface area (Å²) in [6.07, 6.45) is 10.1. The summed E-state index contributed by atoms with van der Waals surface area (Å²) in [5.74, 6) is 0. The fraction of sp³-hybridized carbons (Fsp3) is 0.667. The Labute approximate surface area is 78.4 Å². The lowest BCUT2D eigenvalue weighted by Gasteiger charge is -1.94. The van der Waals surface area contributed by atoms with Crippen molar-refractivity contribution in [3.05, 3.63) is 23.8 Å². The van der Waals surface area contributed by atoms with Crippen LogP contribution >= 0.6 is 0 Å². The molecule has 0 aliphatic rings. The Morgan fingerprint density at radius 2 is 1.50 bits per heavy atom. The summed E-state index contributed by atoms with van der Waals surface area (Å²) in [4.78, 5) is 0. The Bertz CT molecular complexity index is 112. The molecule has 12 heavy (non-hydrogen) atoms. The van der Waals surface area contributed by atoms with Crippen molar-refractivity contribution in [2.24, 2.45) is 0 Å². The van der Waals surface area contributed by atoms with Gasteiger partial charge in [0.05, 0.1) is 0 Å². The van der Waals surface area contributed by atoms with Gasteiger partial charge in [-0.25, -0.2) is 0 Å². The molecule has 0 spiro atoms. The zero-order valence-electron chi connectivity index (χ0n) is 9.35. The van der Waals surface area contributed by atoms with E-state index in [1.165, 1.54) is 18.4 Å². The maximum Gasteiger partial charge on any atom is -0.0346 e. The first-order valence-electron chi connectivity index (χ1n) is 5.19. The average Bonchev–Trinajstić information content (AvgIpc) is 2.16. The van der Waals surface area contributed by atoms with E-state index in [4.69, 9.17) is 0 Å². The van der Waals surface area contributed by atoms with Crippen LogP contribution in [0.5, 0.6) is 0 Å². The maximum atomic E-state index is 2.23. The largest absolute Gasteiger partial charge is 0.0848 e. The van der Waals surface area contributed by atoms with Crippen LogP contribution in [0.4, 0.5) is 0 Å². The van der Waals surface area contributed by atoms with E-state index in [1.807, 2.05) is 13.8 Å². The monoisotopic (exact) mass is 168 g/mol. The van der Waals surface area contributed by atoms with Crippen molar-refractivity contribution in [1.29, 1.82) is 0 Å². The number of rotatable bonds is 4. The molecule has 0 saturated carbocycles. The highest BCUT2D eigenvalue weighted by Gasteiger charge is 1.84. The van der Waals surface area contributed by atoms with Gasteiger partial charge in [0.15, 0.2) is 0 Å². The van der Waals surface area contributed by atoms with Crippen LogP contribution < -0.4 is 0 Å². The van der Waals surface area contributed by atoms with Crippen LogP contribution in [0.25, 0.3) is 0 Å². The van der Waals surface area contributed by atoms with Gasteiger partial charge in [-0.2, -0.15) is 0 Å². The van der Waals surface area contributed by atoms with Gasteiger partial charge >= 0.3 is 0 Å². The summed E-state index contributed by atoms with van der Waals surface area (Å²) in [6, 6.07) is 0. The van der Waals surface area contributed by atoms with Crippen LogP contribution in [0.1, 0.15) is 53.9 Å². The highest BCUT2D eigenvalue weighted by molar-refractivity contribution is 5.11. The van der Waals surface area contributed by atoms with Crippen LogP contribution in [-0.4, -0.2) is 0 Å². The smallest absolute Gasteiger partial charge is 0.0346 e. The average molecular weight is 168 g/mol. The number of hydrogen-bond acceptors (Lipinski definition) is 0. The van der Waals surface area contributed by atoms with Gasteiger partial charge < -0.3 is 0 Å². The molecule has 0 heteroatoms. The molecule has 0 amide bonds. The fourth-order valence-electron chi connectivity index (χ4n) is 0.826. The standard InChI is InChI=1S/C10H18.C2H6/c1-4-7-8-9-10(5-2)6-3;1-2/h7-9H,4-6H2,1-3H3;1-2H3/b8-7-;. The van der Waals surface area contributed by atoms with Gasteiger partial charge in [0.25, 0.3) is 0 Å². The second kappa shape index (κ2) is 13.1. The highest BCUT2D eigenvalue weighted by atomic mass is 13.9. The summed E-state index contributed by atoms with van der Waals surface area (Å²) >= 11 is 0. The Morgan fingerprint density at radius 3 is 1.83 bits per heavy atom. The molecule has 0 atom stereocenters. The van der Waals surface area contributed by atoms with Crippen molar-refractivity contribution >= 4 is 0 Å². The predicted octanol–water partition coefficient (Wildman–Crippen LogP) is 4.73. The number of hydrogen-bond donors (Lipinski definition) is 0. The molecule has 0 saturated heterocycles. The van der Waals surface area contributed by atoms with Crippen LogP contribution in [0.3, 0.4) is 0 Å². The maximum absolute atomic E-state index is 2.23. The first kappa shape index (κ1) is 14.0. The predicted molar refractivity (Wildman–Crippen MR) is 59.4 cm³/mol. The molecule has 0 N–H and O–H groups in total. The molecule has 0 aromatic heterocycles. The van der Waals surface area contributed by atoms with Crippen LogP contribution in [-0.2, 0) is 0 Å². The van der Waals surface area contributed by atoms with Crippen molar-refractivity contribution in [2.45, 2.75) is 53.9 Å². The second-order valence-corrected chi connectivity index (χ2v) is 2.37. The van der Waals surface area contributed by atoms with Crippen molar-refractivity contribution in [3.8, 4) is 0 Å². The molecule has 0 unspecified atom stereocenters. The van der Waals surface area contributed by atoms with Crippen molar-refractivity contribution in [3.63, 3.8) is 0 Å². The Kier molecular flexibility index (Phi) is 15.3. The van der Waals surface area contributed by atoms with Crippen LogP contribution in [0, 0.1) is 0 Å². The molecule has 0 aromatic carbocycles. The molecule has 0 rings (SSSR count). The second-order valence-electron chi connectivity index (χ2n) is 2.37. The molecule has 0 heterocycles. The van der Waals surface area contributed by atoms with E-state index in [0.717, 1.165) is 6.42 Å². The minimum Gasteiger partial charge on any atom is -0.0848 e. The Morgan fingerprint density at radius 1 is 1.00 bits per heavy atom. The van der Waals surface area contributed by atoms with Gasteiger partial charge in [0.1, 0.15) is 0 Å². The number of allylic oxidation sites excluding steroid dienone is 4. The fourth-order valence-corrected chi connectivity index (χ4v) is 0.826. The first-order chi connectivity index (χ1) is 5.85. The summed E-state index contributed by atoms with van der Waals surface area (Å²) in [5, 5.41) is 0. The normalized spacial score (nSPS) is 9.08. The van der Waals surface area contributed by atoms with Gasteiger partial charge in [-0.05, 0) is 19.3 Å². The molecule has 0 fully saturated rings. The molecule has 0 aromatic rings. The quantitative estimate of drug-likeness (QED) is 0.532. The van der Waals surface area contributed by atoms with E-state index < -0.39 is 0 Å². The van der Waals surface area contributed by atoms with Crippen LogP contribution in [0.2, 0.25) is 0 Å². The first-order valence-corrected chi connectivity index (χ1v) is 5.19. The molecule has 0 nitrogen and oxygen atoms in total. The Hall–Kier alpha value is -0.520. The van der Waals surface area contributed by atoms with E-state index in [9.17, 15) is 0 Å². The van der Waals surface area contributed by atoms with Gasteiger partial charge in [-0.3, -0.25) is 0 Å². The lowest BCUT2D eigenvalue weighted by atomic mass is 10.1. The molecular formula is C12H24. The third kappa shape index (κ3) is 9.48. The SMILES string of the molecule is CC.CC/C=C\C=C(CC)CC. The zero-order chi connectivity index (χ0) is 9.82. The summed E-state index contributed by atoms with van der Waals surface area (Å²) < 4.78 is 0. The van der Waals surface area contributed by atoms with Gasteiger partial charge in [-0.15, -0.1) is 0 Å². The molecular weight excluding hydrogens is 144 g/mol. The van der Waals surface area contributed by atoms with Crippen molar-refractivity contribution in [1.82, 2.24) is 0 Å². The van der Waals surface area contributed by atoms with Crippen molar-refractivity contribution in [2.75, 3.05) is 0 Å². The van der Waals surface area contributed by atoms with E-state index in [2.05, 4.69) is 39.0 Å². The van der Waals surface area contributed by atoms with E-state index in [0.29, 0.717) is 0 Å². The van der Waals surface area contributed by atoms with Gasteiger partial charge in [0.2, 0.25) is 0 Å². The Balaban J connectivity index is 0. The molecule has 0 aliphatic heterocycles. The van der Waals surface area contributed by atoms with Gasteiger partial charge in [0, 0.05) is 0 Å². The summed E-state index contributed by atoms with van der Waals surface area (Å²) in [6.45, 7) is 10.6.